The zero-order valence-electron chi connectivity index (χ0n) is 4.48. The van der Waals surface area contributed by atoms with Crippen molar-refractivity contribution >= 4 is 0 Å². The van der Waals surface area contributed by atoms with Gasteiger partial charge in [-0.05, 0) is 5.57 Å². The van der Waals surface area contributed by atoms with Crippen LogP contribution in [-0.2, 0) is 4.74 Å². The molecule has 0 bridgehead atoms. The minimum Gasteiger partial charge on any atom is -0.392 e. The average Bonchev–Trinajstić information content (AvgIpc) is 1.68. The van der Waals surface area contributed by atoms with E-state index in [-0.39, 0.29) is 6.61 Å². The molecule has 0 aromatic carbocycles. The van der Waals surface area contributed by atoms with Gasteiger partial charge in [-0.1, -0.05) is 6.58 Å². The maximum Gasteiger partial charge on any atom is 0.0692 e. The van der Waals surface area contributed by atoms with Crippen LogP contribution < -0.4 is 0 Å². The summed E-state index contributed by atoms with van der Waals surface area (Å²) in [5.74, 6) is 0. The van der Waals surface area contributed by atoms with Crippen molar-refractivity contribution in [3.8, 4) is 0 Å². The Morgan fingerprint density at radius 3 is 2.57 bits per heavy atom. The van der Waals surface area contributed by atoms with E-state index in [4.69, 9.17) is 5.11 Å². The topological polar surface area (TPSA) is 29.5 Å². The highest BCUT2D eigenvalue weighted by Gasteiger charge is 1.84. The fourth-order valence-electron chi connectivity index (χ4n) is 0.250. The van der Waals surface area contributed by atoms with Crippen LogP contribution in [0.3, 0.4) is 0 Å². The Morgan fingerprint density at radius 1 is 1.86 bits per heavy atom. The highest BCUT2D eigenvalue weighted by Crippen LogP contribution is 1.84. The molecule has 2 nitrogen and oxygen atoms in total. The molecule has 0 saturated heterocycles. The van der Waals surface area contributed by atoms with Crippen LogP contribution in [0.2, 0.25) is 0 Å². The van der Waals surface area contributed by atoms with Crippen molar-refractivity contribution in [2.24, 2.45) is 0 Å². The lowest BCUT2D eigenvalue weighted by atomic mass is 10.4. The van der Waals surface area contributed by atoms with Crippen molar-refractivity contribution in [1.82, 2.24) is 0 Å². The largest absolute Gasteiger partial charge is 0.392 e. The highest BCUT2D eigenvalue weighted by molar-refractivity contribution is 4.92. The number of methoxy groups -OCH3 is 1. The molecular formula is C5H10O2. The van der Waals surface area contributed by atoms with Crippen LogP contribution >= 0.6 is 0 Å². The lowest BCUT2D eigenvalue weighted by Gasteiger charge is -1.95. The summed E-state index contributed by atoms with van der Waals surface area (Å²) in [5.41, 5.74) is 0.711. The Labute approximate surface area is 43.4 Å². The van der Waals surface area contributed by atoms with Gasteiger partial charge in [0.05, 0.1) is 13.2 Å². The molecule has 0 saturated carbocycles. The summed E-state index contributed by atoms with van der Waals surface area (Å²) >= 11 is 0. The van der Waals surface area contributed by atoms with Gasteiger partial charge in [-0.15, -0.1) is 0 Å². The molecule has 0 heterocycles. The minimum absolute atomic E-state index is 0.0217. The second-order valence-corrected chi connectivity index (χ2v) is 1.34. The lowest BCUT2D eigenvalue weighted by Crippen LogP contribution is -1.96. The molecule has 2 heteroatoms. The minimum atomic E-state index is 0.0217. The Morgan fingerprint density at radius 2 is 2.43 bits per heavy atom. The van der Waals surface area contributed by atoms with Crippen LogP contribution in [0.15, 0.2) is 12.2 Å². The van der Waals surface area contributed by atoms with Gasteiger partial charge >= 0.3 is 0 Å². The van der Waals surface area contributed by atoms with Gasteiger partial charge in [-0.2, -0.15) is 0 Å². The van der Waals surface area contributed by atoms with Gasteiger partial charge in [-0.25, -0.2) is 0 Å². The third-order valence-corrected chi connectivity index (χ3v) is 0.572. The molecule has 0 fully saturated rings. The monoisotopic (exact) mass is 102 g/mol. The Hall–Kier alpha value is -0.340. The molecule has 0 unspecified atom stereocenters. The summed E-state index contributed by atoms with van der Waals surface area (Å²) in [7, 11) is 1.57. The van der Waals surface area contributed by atoms with Crippen molar-refractivity contribution < 1.29 is 9.84 Å². The zero-order valence-corrected chi connectivity index (χ0v) is 4.48. The molecule has 0 rings (SSSR count). The standard InChI is InChI=1S/C5H10O2/c1-5(3-6)4-7-2/h6H,1,3-4H2,2H3. The van der Waals surface area contributed by atoms with Gasteiger partial charge < -0.3 is 9.84 Å². The van der Waals surface area contributed by atoms with Gasteiger partial charge in [0.25, 0.3) is 0 Å². The molecule has 0 aromatic rings. The van der Waals surface area contributed by atoms with E-state index < -0.39 is 0 Å². The Kier molecular flexibility index (Phi) is 3.65. The van der Waals surface area contributed by atoms with E-state index in [0.29, 0.717) is 12.2 Å². The van der Waals surface area contributed by atoms with E-state index in [9.17, 15) is 0 Å². The van der Waals surface area contributed by atoms with Crippen molar-refractivity contribution in [1.29, 1.82) is 0 Å². The van der Waals surface area contributed by atoms with Gasteiger partial charge in [0.2, 0.25) is 0 Å². The number of ether oxygens (including phenoxy) is 1. The summed E-state index contributed by atoms with van der Waals surface area (Å²) in [5, 5.41) is 8.29. The predicted molar refractivity (Wildman–Crippen MR) is 28.1 cm³/mol. The Bertz CT molecular complexity index is 59.1. The van der Waals surface area contributed by atoms with Crippen LogP contribution in [0, 0.1) is 0 Å². The number of hydrogen-bond donors (Lipinski definition) is 1. The summed E-state index contributed by atoms with van der Waals surface area (Å²) in [6.07, 6.45) is 0. The smallest absolute Gasteiger partial charge is 0.0692 e. The van der Waals surface area contributed by atoms with Gasteiger partial charge in [0.15, 0.2) is 0 Å². The Balaban J connectivity index is 3.00. The molecule has 0 aliphatic rings. The van der Waals surface area contributed by atoms with E-state index in [0.717, 1.165) is 0 Å². The summed E-state index contributed by atoms with van der Waals surface area (Å²) < 4.78 is 4.63. The van der Waals surface area contributed by atoms with Crippen LogP contribution in [-0.4, -0.2) is 25.4 Å². The van der Waals surface area contributed by atoms with E-state index in [1.54, 1.807) is 7.11 Å². The average molecular weight is 102 g/mol. The zero-order chi connectivity index (χ0) is 5.70. The van der Waals surface area contributed by atoms with Crippen molar-refractivity contribution in [3.63, 3.8) is 0 Å². The van der Waals surface area contributed by atoms with Crippen LogP contribution in [0.4, 0.5) is 0 Å². The maximum atomic E-state index is 8.29. The van der Waals surface area contributed by atoms with Crippen LogP contribution in [0.25, 0.3) is 0 Å². The maximum absolute atomic E-state index is 8.29. The second kappa shape index (κ2) is 3.84. The summed E-state index contributed by atoms with van der Waals surface area (Å²) in [6.45, 7) is 3.96. The molecular weight excluding hydrogens is 92.1 g/mol. The van der Waals surface area contributed by atoms with Crippen molar-refractivity contribution in [2.45, 2.75) is 0 Å². The summed E-state index contributed by atoms with van der Waals surface area (Å²) in [6, 6.07) is 0. The number of rotatable bonds is 3. The van der Waals surface area contributed by atoms with Gasteiger partial charge in [-0.3, -0.25) is 0 Å². The van der Waals surface area contributed by atoms with Crippen LogP contribution in [0.1, 0.15) is 0 Å². The first-order chi connectivity index (χ1) is 3.31. The SMILES string of the molecule is C=C(CO)COC. The lowest BCUT2D eigenvalue weighted by molar-refractivity contribution is 0.208. The molecule has 0 aliphatic heterocycles. The molecule has 0 radical (unpaired) electrons. The molecule has 1 N–H and O–H groups in total. The third-order valence-electron chi connectivity index (χ3n) is 0.572. The van der Waals surface area contributed by atoms with Gasteiger partial charge in [0.1, 0.15) is 0 Å². The van der Waals surface area contributed by atoms with E-state index in [2.05, 4.69) is 11.3 Å². The summed E-state index contributed by atoms with van der Waals surface area (Å²) in [4.78, 5) is 0. The predicted octanol–water partition coefficient (Wildman–Crippen LogP) is 0.181. The number of aliphatic hydroxyl groups excluding tert-OH is 1. The molecule has 42 valence electrons. The van der Waals surface area contributed by atoms with Gasteiger partial charge in [0, 0.05) is 7.11 Å². The number of aliphatic hydroxyl groups is 1. The normalized spacial score (nSPS) is 8.86. The van der Waals surface area contributed by atoms with Crippen molar-refractivity contribution in [3.05, 3.63) is 12.2 Å². The fourth-order valence-corrected chi connectivity index (χ4v) is 0.250. The molecule has 0 amide bonds. The van der Waals surface area contributed by atoms with E-state index in [1.807, 2.05) is 0 Å². The first-order valence-corrected chi connectivity index (χ1v) is 2.07. The van der Waals surface area contributed by atoms with E-state index in [1.165, 1.54) is 0 Å². The molecule has 0 aliphatic carbocycles. The molecule has 0 aromatic heterocycles. The highest BCUT2D eigenvalue weighted by atomic mass is 16.5. The van der Waals surface area contributed by atoms with E-state index >= 15 is 0 Å². The first-order valence-electron chi connectivity index (χ1n) is 2.07. The quantitative estimate of drug-likeness (QED) is 0.515. The number of hydrogen-bond acceptors (Lipinski definition) is 2. The molecule has 0 spiro atoms. The molecule has 7 heavy (non-hydrogen) atoms. The fraction of sp³-hybridized carbons (Fsp3) is 0.600. The molecule has 0 atom stereocenters. The third kappa shape index (κ3) is 3.49. The second-order valence-electron chi connectivity index (χ2n) is 1.34. The van der Waals surface area contributed by atoms with Crippen molar-refractivity contribution in [2.75, 3.05) is 20.3 Å². The first kappa shape index (κ1) is 6.66. The van der Waals surface area contributed by atoms with Crippen LogP contribution in [0.5, 0.6) is 0 Å².